The molecule has 0 aliphatic rings. The number of aryl methyl sites for hydroxylation is 1. The van der Waals surface area contributed by atoms with E-state index < -0.39 is 10.0 Å². The summed E-state index contributed by atoms with van der Waals surface area (Å²) in [5.41, 5.74) is 6.64. The molecule has 2 aromatic rings. The van der Waals surface area contributed by atoms with Gasteiger partial charge in [0.05, 0.1) is 17.1 Å². The number of nitrogens with zero attached hydrogens (tertiary/aromatic N) is 2. The van der Waals surface area contributed by atoms with Gasteiger partial charge in [0.25, 0.3) is 0 Å². The van der Waals surface area contributed by atoms with Crippen LogP contribution in [-0.4, -0.2) is 23.2 Å². The fraction of sp³-hybridized carbons (Fsp3) is 0.167. The highest BCUT2D eigenvalue weighted by Crippen LogP contribution is 2.15. The largest absolute Gasteiger partial charge is 0.389 e. The van der Waals surface area contributed by atoms with Gasteiger partial charge < -0.3 is 5.73 Å². The van der Waals surface area contributed by atoms with Gasteiger partial charge >= 0.3 is 0 Å². The molecule has 1 heterocycles. The molecule has 0 fully saturated rings. The third-order valence-corrected chi connectivity index (χ3v) is 4.49. The fourth-order valence-electron chi connectivity index (χ4n) is 1.73. The molecule has 1 aromatic heterocycles. The van der Waals surface area contributed by atoms with E-state index in [0.29, 0.717) is 5.56 Å². The lowest BCUT2D eigenvalue weighted by Gasteiger charge is -2.10. The fourth-order valence-corrected chi connectivity index (χ4v) is 3.19. The molecule has 0 unspecified atom stereocenters. The molecule has 0 spiro atoms. The lowest BCUT2D eigenvalue weighted by molar-refractivity contribution is 0.577. The van der Waals surface area contributed by atoms with Crippen LogP contribution in [0, 0.1) is 0 Å². The van der Waals surface area contributed by atoms with Crippen molar-refractivity contribution in [2.45, 2.75) is 11.4 Å². The minimum atomic E-state index is -3.69. The standard InChI is InChI=1S/C12H14N4O2S2/c1-16-9(6-7-14-16)8-15-20(17,18)11-5-3-2-4-10(11)12(13)19/h2-7,15H,8H2,1H3,(H2,13,19). The summed E-state index contributed by atoms with van der Waals surface area (Å²) in [6, 6.07) is 8.11. The molecule has 0 saturated carbocycles. The van der Waals surface area contributed by atoms with Crippen molar-refractivity contribution in [2.24, 2.45) is 12.8 Å². The highest BCUT2D eigenvalue weighted by Gasteiger charge is 2.19. The van der Waals surface area contributed by atoms with E-state index in [2.05, 4.69) is 9.82 Å². The molecule has 0 aliphatic carbocycles. The number of hydrogen-bond acceptors (Lipinski definition) is 4. The summed E-state index contributed by atoms with van der Waals surface area (Å²) in [7, 11) is -1.94. The van der Waals surface area contributed by atoms with Crippen LogP contribution in [0.4, 0.5) is 0 Å². The van der Waals surface area contributed by atoms with Crippen molar-refractivity contribution in [2.75, 3.05) is 0 Å². The monoisotopic (exact) mass is 310 g/mol. The van der Waals surface area contributed by atoms with Crippen molar-refractivity contribution in [3.8, 4) is 0 Å². The topological polar surface area (TPSA) is 90.0 Å². The number of thiocarbonyl (C=S) groups is 1. The highest BCUT2D eigenvalue weighted by atomic mass is 32.2. The lowest BCUT2D eigenvalue weighted by atomic mass is 10.2. The van der Waals surface area contributed by atoms with Crippen molar-refractivity contribution in [3.63, 3.8) is 0 Å². The maximum absolute atomic E-state index is 12.3. The van der Waals surface area contributed by atoms with Gasteiger partial charge in [-0.25, -0.2) is 13.1 Å². The summed E-state index contributed by atoms with van der Waals surface area (Å²) in [5, 5.41) is 3.98. The van der Waals surface area contributed by atoms with Crippen LogP contribution in [-0.2, 0) is 23.6 Å². The van der Waals surface area contributed by atoms with Crippen LogP contribution in [0.2, 0.25) is 0 Å². The number of nitrogens with one attached hydrogen (secondary N) is 1. The van der Waals surface area contributed by atoms with E-state index in [1.807, 2.05) is 0 Å². The minimum absolute atomic E-state index is 0.0477. The van der Waals surface area contributed by atoms with Crippen LogP contribution in [0.5, 0.6) is 0 Å². The summed E-state index contributed by atoms with van der Waals surface area (Å²) >= 11 is 4.87. The molecule has 8 heteroatoms. The second kappa shape index (κ2) is 5.70. The first kappa shape index (κ1) is 14.6. The molecule has 2 rings (SSSR count). The normalized spacial score (nSPS) is 11.4. The maximum Gasteiger partial charge on any atom is 0.241 e. The first-order chi connectivity index (χ1) is 9.42. The molecule has 0 radical (unpaired) electrons. The Morgan fingerprint density at radius 2 is 2.10 bits per heavy atom. The van der Waals surface area contributed by atoms with Crippen LogP contribution in [0.1, 0.15) is 11.3 Å². The second-order valence-corrected chi connectivity index (χ2v) is 6.31. The molecule has 0 bridgehead atoms. The smallest absolute Gasteiger partial charge is 0.241 e. The highest BCUT2D eigenvalue weighted by molar-refractivity contribution is 7.89. The summed E-state index contributed by atoms with van der Waals surface area (Å²) < 4.78 is 28.7. The SMILES string of the molecule is Cn1nccc1CNS(=O)(=O)c1ccccc1C(N)=S. The zero-order valence-corrected chi connectivity index (χ0v) is 12.4. The molecule has 0 aliphatic heterocycles. The van der Waals surface area contributed by atoms with Crippen LogP contribution in [0.25, 0.3) is 0 Å². The number of hydrogen-bond donors (Lipinski definition) is 2. The van der Waals surface area contributed by atoms with Gasteiger partial charge in [-0.05, 0) is 12.1 Å². The Hall–Kier alpha value is -1.77. The van der Waals surface area contributed by atoms with E-state index >= 15 is 0 Å². The summed E-state index contributed by atoms with van der Waals surface area (Å²) in [6.45, 7) is 0.143. The third kappa shape index (κ3) is 3.03. The maximum atomic E-state index is 12.3. The second-order valence-electron chi connectivity index (χ2n) is 4.13. The summed E-state index contributed by atoms with van der Waals surface area (Å²) in [6.07, 6.45) is 1.60. The quantitative estimate of drug-likeness (QED) is 0.786. The zero-order valence-electron chi connectivity index (χ0n) is 10.8. The van der Waals surface area contributed by atoms with Crippen molar-refractivity contribution in [1.82, 2.24) is 14.5 Å². The van der Waals surface area contributed by atoms with E-state index in [0.717, 1.165) is 5.69 Å². The third-order valence-electron chi connectivity index (χ3n) is 2.81. The van der Waals surface area contributed by atoms with Gasteiger partial charge in [-0.2, -0.15) is 5.10 Å². The van der Waals surface area contributed by atoms with E-state index in [1.54, 1.807) is 42.2 Å². The molecule has 3 N–H and O–H groups in total. The lowest BCUT2D eigenvalue weighted by Crippen LogP contribution is -2.27. The van der Waals surface area contributed by atoms with Crippen LogP contribution >= 0.6 is 12.2 Å². The Morgan fingerprint density at radius 1 is 1.40 bits per heavy atom. The first-order valence-corrected chi connectivity index (χ1v) is 7.66. The van der Waals surface area contributed by atoms with Gasteiger partial charge in [-0.3, -0.25) is 4.68 Å². The Labute approximate surface area is 122 Å². The molecular weight excluding hydrogens is 296 g/mol. The van der Waals surface area contributed by atoms with Crippen molar-refractivity contribution < 1.29 is 8.42 Å². The summed E-state index contributed by atoms with van der Waals surface area (Å²) in [5.74, 6) is 0. The Kier molecular flexibility index (Phi) is 4.17. The van der Waals surface area contributed by atoms with Gasteiger partial charge in [-0.15, -0.1) is 0 Å². The predicted molar refractivity (Wildman–Crippen MR) is 79.6 cm³/mol. The van der Waals surface area contributed by atoms with E-state index in [1.165, 1.54) is 6.07 Å². The Balaban J connectivity index is 2.27. The average molecular weight is 310 g/mol. The number of nitrogens with two attached hydrogens (primary N) is 1. The van der Waals surface area contributed by atoms with Crippen molar-refractivity contribution >= 4 is 27.2 Å². The predicted octanol–water partition coefficient (Wildman–Crippen LogP) is 0.533. The van der Waals surface area contributed by atoms with Crippen LogP contribution < -0.4 is 10.5 Å². The number of aromatic nitrogens is 2. The number of benzene rings is 1. The van der Waals surface area contributed by atoms with Crippen LogP contribution in [0.3, 0.4) is 0 Å². The first-order valence-electron chi connectivity index (χ1n) is 5.77. The number of sulfonamides is 1. The Bertz CT molecular complexity index is 737. The molecule has 0 amide bonds. The molecular formula is C12H14N4O2S2. The molecule has 106 valence electrons. The van der Waals surface area contributed by atoms with E-state index in [4.69, 9.17) is 18.0 Å². The van der Waals surface area contributed by atoms with E-state index in [9.17, 15) is 8.42 Å². The molecule has 1 aromatic carbocycles. The Morgan fingerprint density at radius 3 is 2.70 bits per heavy atom. The van der Waals surface area contributed by atoms with Crippen LogP contribution in [0.15, 0.2) is 41.4 Å². The molecule has 6 nitrogen and oxygen atoms in total. The van der Waals surface area contributed by atoms with Gasteiger partial charge in [0.1, 0.15) is 4.99 Å². The summed E-state index contributed by atoms with van der Waals surface area (Å²) in [4.78, 5) is 0.126. The number of rotatable bonds is 5. The van der Waals surface area contributed by atoms with Gasteiger partial charge in [0, 0.05) is 18.8 Å². The average Bonchev–Trinajstić information content (AvgIpc) is 2.82. The molecule has 0 atom stereocenters. The van der Waals surface area contributed by atoms with E-state index in [-0.39, 0.29) is 16.4 Å². The molecule has 20 heavy (non-hydrogen) atoms. The van der Waals surface area contributed by atoms with Crippen molar-refractivity contribution in [3.05, 3.63) is 47.8 Å². The van der Waals surface area contributed by atoms with Gasteiger partial charge in [-0.1, -0.05) is 30.4 Å². The van der Waals surface area contributed by atoms with Gasteiger partial charge in [0.15, 0.2) is 0 Å². The molecule has 0 saturated heterocycles. The van der Waals surface area contributed by atoms with Crippen molar-refractivity contribution in [1.29, 1.82) is 0 Å². The van der Waals surface area contributed by atoms with Gasteiger partial charge in [0.2, 0.25) is 10.0 Å². The minimum Gasteiger partial charge on any atom is -0.389 e. The zero-order chi connectivity index (χ0) is 14.8.